The number of piperidine rings is 1. The predicted octanol–water partition coefficient (Wildman–Crippen LogP) is 3.42. The summed E-state index contributed by atoms with van der Waals surface area (Å²) >= 11 is 1.70. The van der Waals surface area contributed by atoms with Gasteiger partial charge in [-0.05, 0) is 42.3 Å². The normalized spacial score (nSPS) is 24.9. The van der Waals surface area contributed by atoms with E-state index >= 15 is 0 Å². The van der Waals surface area contributed by atoms with Crippen molar-refractivity contribution in [2.75, 3.05) is 18.8 Å². The summed E-state index contributed by atoms with van der Waals surface area (Å²) in [7, 11) is 0. The molecule has 2 aromatic carbocycles. The topological polar surface area (TPSA) is 41.1 Å². The lowest BCUT2D eigenvalue weighted by molar-refractivity contribution is -0.123. The fourth-order valence-corrected chi connectivity index (χ4v) is 5.04. The molecule has 3 atom stereocenters. The SMILES string of the molecule is O=C(NC1CNCCC1c1ccc(F)c(F)c1)C1CSc2ccccc21. The molecule has 4 rings (SSSR count). The first kappa shape index (κ1) is 17.5. The van der Waals surface area contributed by atoms with E-state index in [-0.39, 0.29) is 23.8 Å². The summed E-state index contributed by atoms with van der Waals surface area (Å²) in [6, 6.07) is 11.9. The summed E-state index contributed by atoms with van der Waals surface area (Å²) in [5.74, 6) is -1.14. The Morgan fingerprint density at radius 3 is 2.85 bits per heavy atom. The Morgan fingerprint density at radius 1 is 1.15 bits per heavy atom. The smallest absolute Gasteiger partial charge is 0.228 e. The van der Waals surface area contributed by atoms with Gasteiger partial charge in [-0.2, -0.15) is 0 Å². The molecule has 136 valence electrons. The van der Waals surface area contributed by atoms with Crippen LogP contribution in [0, 0.1) is 11.6 Å². The molecule has 0 aliphatic carbocycles. The van der Waals surface area contributed by atoms with Gasteiger partial charge in [-0.15, -0.1) is 11.8 Å². The maximum atomic E-state index is 13.7. The Labute approximate surface area is 155 Å². The molecule has 2 heterocycles. The average molecular weight is 374 g/mol. The first-order chi connectivity index (χ1) is 12.6. The molecule has 2 aliphatic rings. The third-order valence-corrected chi connectivity index (χ3v) is 6.38. The number of hydrogen-bond donors (Lipinski definition) is 2. The van der Waals surface area contributed by atoms with Gasteiger partial charge >= 0.3 is 0 Å². The lowest BCUT2D eigenvalue weighted by Gasteiger charge is -2.34. The van der Waals surface area contributed by atoms with E-state index in [1.165, 1.54) is 6.07 Å². The quantitative estimate of drug-likeness (QED) is 0.865. The fourth-order valence-electron chi connectivity index (χ4n) is 3.82. The van der Waals surface area contributed by atoms with Crippen molar-refractivity contribution >= 4 is 17.7 Å². The Balaban J connectivity index is 1.52. The van der Waals surface area contributed by atoms with E-state index < -0.39 is 11.6 Å². The van der Waals surface area contributed by atoms with Crippen molar-refractivity contribution in [3.05, 3.63) is 65.2 Å². The highest BCUT2D eigenvalue weighted by Crippen LogP contribution is 2.39. The second-order valence-electron chi connectivity index (χ2n) is 6.79. The van der Waals surface area contributed by atoms with Crippen LogP contribution in [-0.2, 0) is 4.79 Å². The molecule has 1 fully saturated rings. The Morgan fingerprint density at radius 2 is 2.00 bits per heavy atom. The predicted molar refractivity (Wildman–Crippen MR) is 98.4 cm³/mol. The van der Waals surface area contributed by atoms with E-state index in [0.29, 0.717) is 6.54 Å². The number of halogens is 2. The first-order valence-electron chi connectivity index (χ1n) is 8.81. The Kier molecular flexibility index (Phi) is 4.96. The zero-order valence-electron chi connectivity index (χ0n) is 14.2. The minimum absolute atomic E-state index is 0.00346. The van der Waals surface area contributed by atoms with Gasteiger partial charge in [0, 0.05) is 29.2 Å². The standard InChI is InChI=1S/C20H20F2N2OS/c21-16-6-5-12(9-17(16)22)13-7-8-23-10-18(13)24-20(25)15-11-26-19-4-2-1-3-14(15)19/h1-6,9,13,15,18,23H,7-8,10-11H2,(H,24,25). The van der Waals surface area contributed by atoms with E-state index in [4.69, 9.17) is 0 Å². The third kappa shape index (κ3) is 3.35. The largest absolute Gasteiger partial charge is 0.351 e. The molecule has 0 spiro atoms. The number of hydrogen-bond acceptors (Lipinski definition) is 3. The van der Waals surface area contributed by atoms with Crippen LogP contribution in [0.4, 0.5) is 8.78 Å². The maximum absolute atomic E-state index is 13.7. The third-order valence-electron chi connectivity index (χ3n) is 5.20. The second-order valence-corrected chi connectivity index (χ2v) is 7.85. The van der Waals surface area contributed by atoms with E-state index in [1.807, 2.05) is 24.3 Å². The van der Waals surface area contributed by atoms with Crippen molar-refractivity contribution in [1.82, 2.24) is 10.6 Å². The second kappa shape index (κ2) is 7.37. The molecule has 6 heteroatoms. The van der Waals surface area contributed by atoms with Gasteiger partial charge < -0.3 is 10.6 Å². The van der Waals surface area contributed by atoms with Gasteiger partial charge in [0.05, 0.1) is 5.92 Å². The molecule has 2 aliphatic heterocycles. The van der Waals surface area contributed by atoms with Crippen LogP contribution >= 0.6 is 11.8 Å². The van der Waals surface area contributed by atoms with Gasteiger partial charge in [-0.1, -0.05) is 24.3 Å². The van der Waals surface area contributed by atoms with Crippen molar-refractivity contribution in [2.24, 2.45) is 0 Å². The highest BCUT2D eigenvalue weighted by atomic mass is 32.2. The fraction of sp³-hybridized carbons (Fsp3) is 0.350. The van der Waals surface area contributed by atoms with E-state index in [9.17, 15) is 13.6 Å². The zero-order chi connectivity index (χ0) is 18.1. The maximum Gasteiger partial charge on any atom is 0.228 e. The number of rotatable bonds is 3. The molecule has 2 N–H and O–H groups in total. The highest BCUT2D eigenvalue weighted by molar-refractivity contribution is 7.99. The molecule has 0 radical (unpaired) electrons. The molecular weight excluding hydrogens is 354 g/mol. The number of amides is 1. The van der Waals surface area contributed by atoms with Gasteiger partial charge in [-0.3, -0.25) is 4.79 Å². The molecule has 1 saturated heterocycles. The van der Waals surface area contributed by atoms with Crippen LogP contribution in [0.25, 0.3) is 0 Å². The van der Waals surface area contributed by atoms with E-state index in [2.05, 4.69) is 10.6 Å². The Bertz CT molecular complexity index is 829. The summed E-state index contributed by atoms with van der Waals surface area (Å²) in [5, 5.41) is 6.44. The van der Waals surface area contributed by atoms with Crippen molar-refractivity contribution in [3.63, 3.8) is 0 Å². The molecule has 3 unspecified atom stereocenters. The van der Waals surface area contributed by atoms with Crippen molar-refractivity contribution in [3.8, 4) is 0 Å². The van der Waals surface area contributed by atoms with Crippen LogP contribution < -0.4 is 10.6 Å². The highest BCUT2D eigenvalue weighted by Gasteiger charge is 2.33. The molecule has 0 saturated carbocycles. The minimum Gasteiger partial charge on any atom is -0.351 e. The van der Waals surface area contributed by atoms with Crippen molar-refractivity contribution < 1.29 is 13.6 Å². The van der Waals surface area contributed by atoms with Crippen LogP contribution in [0.5, 0.6) is 0 Å². The number of thioether (sulfide) groups is 1. The summed E-state index contributed by atoms with van der Waals surface area (Å²) in [4.78, 5) is 14.0. The molecule has 3 nitrogen and oxygen atoms in total. The molecular formula is C20H20F2N2OS. The van der Waals surface area contributed by atoms with E-state index in [0.717, 1.165) is 40.8 Å². The number of nitrogens with one attached hydrogen (secondary N) is 2. The van der Waals surface area contributed by atoms with Gasteiger partial charge in [0.15, 0.2) is 11.6 Å². The number of carbonyl (C=O) groups excluding carboxylic acids is 1. The lowest BCUT2D eigenvalue weighted by atomic mass is 9.85. The molecule has 0 aromatic heterocycles. The van der Waals surface area contributed by atoms with Crippen LogP contribution in [0.2, 0.25) is 0 Å². The summed E-state index contributed by atoms with van der Waals surface area (Å²) in [5.41, 5.74) is 1.81. The van der Waals surface area contributed by atoms with Crippen LogP contribution in [0.1, 0.15) is 29.4 Å². The van der Waals surface area contributed by atoms with Crippen LogP contribution in [0.3, 0.4) is 0 Å². The number of benzene rings is 2. The van der Waals surface area contributed by atoms with Crippen molar-refractivity contribution in [1.29, 1.82) is 0 Å². The minimum atomic E-state index is -0.845. The molecule has 0 bridgehead atoms. The number of carbonyl (C=O) groups is 1. The van der Waals surface area contributed by atoms with Gasteiger partial charge in [0.25, 0.3) is 0 Å². The first-order valence-corrected chi connectivity index (χ1v) is 9.80. The monoisotopic (exact) mass is 374 g/mol. The van der Waals surface area contributed by atoms with Gasteiger partial charge in [0.1, 0.15) is 0 Å². The summed E-state index contributed by atoms with van der Waals surface area (Å²) in [6.07, 6.45) is 0.770. The van der Waals surface area contributed by atoms with Crippen LogP contribution in [-0.4, -0.2) is 30.8 Å². The Hall–Kier alpha value is -1.92. The summed E-state index contributed by atoms with van der Waals surface area (Å²) in [6.45, 7) is 1.41. The lowest BCUT2D eigenvalue weighted by Crippen LogP contribution is -2.51. The van der Waals surface area contributed by atoms with Gasteiger partial charge in [0.2, 0.25) is 5.91 Å². The van der Waals surface area contributed by atoms with Crippen LogP contribution in [0.15, 0.2) is 47.4 Å². The molecule has 2 aromatic rings. The molecule has 1 amide bonds. The zero-order valence-corrected chi connectivity index (χ0v) is 15.0. The molecule has 26 heavy (non-hydrogen) atoms. The van der Waals surface area contributed by atoms with E-state index in [1.54, 1.807) is 17.8 Å². The summed E-state index contributed by atoms with van der Waals surface area (Å²) < 4.78 is 26.9. The van der Waals surface area contributed by atoms with Crippen molar-refractivity contribution in [2.45, 2.75) is 29.2 Å². The number of fused-ring (bicyclic) bond motifs is 1. The average Bonchev–Trinajstić information content (AvgIpc) is 3.09. The van der Waals surface area contributed by atoms with Gasteiger partial charge in [-0.25, -0.2) is 8.78 Å².